The lowest BCUT2D eigenvalue weighted by Gasteiger charge is -2.08. The Labute approximate surface area is 107 Å². The molecule has 1 rings (SSSR count). The van der Waals surface area contributed by atoms with E-state index in [-0.39, 0.29) is 6.61 Å². The van der Waals surface area contributed by atoms with Crippen LogP contribution in [0.1, 0.15) is 5.56 Å². The lowest BCUT2D eigenvalue weighted by molar-refractivity contribution is 0.357. The SMILES string of the molecule is NCc1ccc(OCC(Cl)=CCl)c(Br)c1. The van der Waals surface area contributed by atoms with Gasteiger partial charge in [0.1, 0.15) is 12.4 Å². The monoisotopic (exact) mass is 309 g/mol. The number of benzene rings is 1. The number of hydrogen-bond acceptors (Lipinski definition) is 2. The van der Waals surface area contributed by atoms with E-state index in [9.17, 15) is 0 Å². The van der Waals surface area contributed by atoms with Gasteiger partial charge in [-0.1, -0.05) is 29.3 Å². The third kappa shape index (κ3) is 4.03. The van der Waals surface area contributed by atoms with E-state index < -0.39 is 0 Å². The third-order valence-corrected chi connectivity index (χ3v) is 2.93. The van der Waals surface area contributed by atoms with Gasteiger partial charge in [0.05, 0.1) is 9.51 Å². The maximum absolute atomic E-state index is 5.69. The van der Waals surface area contributed by atoms with Crippen LogP contribution in [0.25, 0.3) is 0 Å². The first-order valence-electron chi connectivity index (χ1n) is 4.23. The second-order valence-electron chi connectivity index (χ2n) is 2.81. The molecule has 82 valence electrons. The Morgan fingerprint density at radius 2 is 2.27 bits per heavy atom. The van der Waals surface area contributed by atoms with Crippen LogP contribution in [0.5, 0.6) is 5.75 Å². The molecule has 15 heavy (non-hydrogen) atoms. The van der Waals surface area contributed by atoms with Gasteiger partial charge in [0.15, 0.2) is 0 Å². The molecule has 0 aromatic heterocycles. The fraction of sp³-hybridized carbons (Fsp3) is 0.200. The van der Waals surface area contributed by atoms with E-state index in [2.05, 4.69) is 15.9 Å². The Hall–Kier alpha value is -0.220. The van der Waals surface area contributed by atoms with Crippen molar-refractivity contribution in [1.29, 1.82) is 0 Å². The molecule has 0 atom stereocenters. The molecule has 0 spiro atoms. The summed E-state index contributed by atoms with van der Waals surface area (Å²) in [5.41, 5.74) is 7.82. The summed E-state index contributed by atoms with van der Waals surface area (Å²) in [6, 6.07) is 5.65. The van der Waals surface area contributed by atoms with Crippen molar-refractivity contribution < 1.29 is 4.74 Å². The van der Waals surface area contributed by atoms with Crippen molar-refractivity contribution in [3.63, 3.8) is 0 Å². The standard InChI is InChI=1S/C10H10BrCl2NO/c11-9-3-7(5-14)1-2-10(9)15-6-8(13)4-12/h1-4H,5-6,14H2. The highest BCUT2D eigenvalue weighted by Crippen LogP contribution is 2.26. The summed E-state index contributed by atoms with van der Waals surface area (Å²) in [6.45, 7) is 0.757. The Morgan fingerprint density at radius 3 is 2.80 bits per heavy atom. The van der Waals surface area contributed by atoms with E-state index in [4.69, 9.17) is 33.7 Å². The molecule has 0 radical (unpaired) electrons. The van der Waals surface area contributed by atoms with Crippen molar-refractivity contribution in [3.8, 4) is 5.75 Å². The summed E-state index contributed by atoms with van der Waals surface area (Å²) in [5.74, 6) is 0.712. The number of rotatable bonds is 4. The van der Waals surface area contributed by atoms with Gasteiger partial charge in [-0.3, -0.25) is 0 Å². The van der Waals surface area contributed by atoms with Crippen LogP contribution in [0.4, 0.5) is 0 Å². The zero-order valence-corrected chi connectivity index (χ0v) is 10.9. The van der Waals surface area contributed by atoms with Crippen molar-refractivity contribution in [3.05, 3.63) is 38.8 Å². The number of hydrogen-bond donors (Lipinski definition) is 1. The summed E-state index contributed by atoms with van der Waals surface area (Å²) >= 11 is 14.5. The topological polar surface area (TPSA) is 35.2 Å². The summed E-state index contributed by atoms with van der Waals surface area (Å²) in [6.07, 6.45) is 0. The molecule has 0 unspecified atom stereocenters. The lowest BCUT2D eigenvalue weighted by atomic mass is 10.2. The molecule has 1 aromatic carbocycles. The van der Waals surface area contributed by atoms with E-state index in [0.29, 0.717) is 17.3 Å². The largest absolute Gasteiger partial charge is 0.487 e. The summed E-state index contributed by atoms with van der Waals surface area (Å²) < 4.78 is 6.27. The van der Waals surface area contributed by atoms with Crippen LogP contribution in [-0.2, 0) is 6.54 Å². The molecule has 2 N–H and O–H groups in total. The smallest absolute Gasteiger partial charge is 0.134 e. The molecule has 0 aliphatic carbocycles. The van der Waals surface area contributed by atoms with Crippen LogP contribution in [0, 0.1) is 0 Å². The minimum Gasteiger partial charge on any atom is -0.487 e. The summed E-state index contributed by atoms with van der Waals surface area (Å²) in [4.78, 5) is 0. The van der Waals surface area contributed by atoms with E-state index in [0.717, 1.165) is 10.0 Å². The average molecular weight is 311 g/mol. The Balaban J connectivity index is 2.70. The number of ether oxygens (including phenoxy) is 1. The molecule has 0 amide bonds. The van der Waals surface area contributed by atoms with Crippen LogP contribution >= 0.6 is 39.1 Å². The number of nitrogens with two attached hydrogens (primary N) is 1. The second kappa shape index (κ2) is 6.38. The zero-order valence-electron chi connectivity index (χ0n) is 7.84. The van der Waals surface area contributed by atoms with Gasteiger partial charge in [0, 0.05) is 12.1 Å². The van der Waals surface area contributed by atoms with Crippen molar-refractivity contribution in [1.82, 2.24) is 0 Å². The Kier molecular flexibility index (Phi) is 5.47. The predicted octanol–water partition coefficient (Wildman–Crippen LogP) is 3.61. The van der Waals surface area contributed by atoms with E-state index in [1.807, 2.05) is 18.2 Å². The molecule has 0 saturated heterocycles. The van der Waals surface area contributed by atoms with Crippen LogP contribution in [-0.4, -0.2) is 6.61 Å². The molecular formula is C10H10BrCl2NO. The highest BCUT2D eigenvalue weighted by molar-refractivity contribution is 9.10. The highest BCUT2D eigenvalue weighted by Gasteiger charge is 2.02. The molecule has 1 aromatic rings. The van der Waals surface area contributed by atoms with E-state index in [1.165, 1.54) is 5.54 Å². The highest BCUT2D eigenvalue weighted by atomic mass is 79.9. The van der Waals surface area contributed by atoms with Gasteiger partial charge in [-0.25, -0.2) is 0 Å². The lowest BCUT2D eigenvalue weighted by Crippen LogP contribution is -2.00. The first-order valence-corrected chi connectivity index (χ1v) is 5.84. The quantitative estimate of drug-likeness (QED) is 0.922. The number of halogens is 3. The van der Waals surface area contributed by atoms with Crippen LogP contribution in [0.2, 0.25) is 0 Å². The average Bonchev–Trinajstić information content (AvgIpc) is 2.26. The fourth-order valence-electron chi connectivity index (χ4n) is 0.967. The van der Waals surface area contributed by atoms with Gasteiger partial charge in [-0.15, -0.1) is 0 Å². The molecular weight excluding hydrogens is 301 g/mol. The van der Waals surface area contributed by atoms with E-state index in [1.54, 1.807) is 0 Å². The van der Waals surface area contributed by atoms with E-state index >= 15 is 0 Å². The molecule has 0 fully saturated rings. The van der Waals surface area contributed by atoms with Crippen molar-refractivity contribution in [2.75, 3.05) is 6.61 Å². The van der Waals surface area contributed by atoms with Crippen molar-refractivity contribution >= 4 is 39.1 Å². The van der Waals surface area contributed by atoms with Crippen LogP contribution in [0.3, 0.4) is 0 Å². The normalized spacial score (nSPS) is 11.6. The predicted molar refractivity (Wildman–Crippen MR) is 67.3 cm³/mol. The maximum Gasteiger partial charge on any atom is 0.134 e. The van der Waals surface area contributed by atoms with Gasteiger partial charge in [-0.2, -0.15) is 0 Å². The van der Waals surface area contributed by atoms with Gasteiger partial charge in [0.2, 0.25) is 0 Å². The molecule has 0 heterocycles. The fourth-order valence-corrected chi connectivity index (χ4v) is 1.62. The molecule has 0 aliphatic heterocycles. The summed E-state index contributed by atoms with van der Waals surface area (Å²) in [5, 5.41) is 0.450. The molecule has 0 aliphatic rings. The molecule has 0 bridgehead atoms. The second-order valence-corrected chi connectivity index (χ2v) is 4.37. The third-order valence-electron chi connectivity index (χ3n) is 1.72. The first-order chi connectivity index (χ1) is 7.17. The molecule has 5 heteroatoms. The van der Waals surface area contributed by atoms with Gasteiger partial charge in [0.25, 0.3) is 0 Å². The molecule has 2 nitrogen and oxygen atoms in total. The first kappa shape index (κ1) is 12.8. The molecule has 0 saturated carbocycles. The van der Waals surface area contributed by atoms with Crippen molar-refractivity contribution in [2.45, 2.75) is 6.54 Å². The minimum atomic E-state index is 0.256. The van der Waals surface area contributed by atoms with Gasteiger partial charge < -0.3 is 10.5 Å². The minimum absolute atomic E-state index is 0.256. The Morgan fingerprint density at radius 1 is 1.53 bits per heavy atom. The van der Waals surface area contributed by atoms with Crippen LogP contribution in [0.15, 0.2) is 33.2 Å². The maximum atomic E-state index is 5.69. The summed E-state index contributed by atoms with van der Waals surface area (Å²) in [7, 11) is 0. The Bertz CT molecular complexity index is 368. The van der Waals surface area contributed by atoms with Gasteiger partial charge in [-0.05, 0) is 33.6 Å². The zero-order chi connectivity index (χ0) is 11.3. The van der Waals surface area contributed by atoms with Gasteiger partial charge >= 0.3 is 0 Å². The van der Waals surface area contributed by atoms with Crippen molar-refractivity contribution in [2.24, 2.45) is 5.73 Å². The van der Waals surface area contributed by atoms with Crippen LogP contribution < -0.4 is 10.5 Å².